The van der Waals surface area contributed by atoms with Crippen LogP contribution in [0, 0.1) is 0 Å². The number of ether oxygens (including phenoxy) is 6. The maximum Gasteiger partial charge on any atom is 0.305 e. The molecule has 0 bridgehead atoms. The Morgan fingerprint density at radius 2 is 0.944 bits per heavy atom. The van der Waals surface area contributed by atoms with Gasteiger partial charge in [-0.25, -0.2) is 0 Å². The average Bonchev–Trinajstić information content (AvgIpc) is 2.84. The summed E-state index contributed by atoms with van der Waals surface area (Å²) in [5.74, 6) is -2.50. The van der Waals surface area contributed by atoms with Crippen molar-refractivity contribution in [2.24, 2.45) is 0 Å². The molecule has 0 aliphatic rings. The highest BCUT2D eigenvalue weighted by atomic mass is 16.6. The molecule has 0 fully saturated rings. The van der Waals surface area contributed by atoms with Gasteiger partial charge in [0.1, 0.15) is 6.61 Å². The fourth-order valence-electron chi connectivity index (χ4n) is 2.52. The molecule has 0 rings (SSSR count). The van der Waals surface area contributed by atoms with Crippen molar-refractivity contribution in [2.45, 2.75) is 44.9 Å². The van der Waals surface area contributed by atoms with Gasteiger partial charge in [0.25, 0.3) is 0 Å². The maximum absolute atomic E-state index is 11.4. The van der Waals surface area contributed by atoms with Gasteiger partial charge in [0, 0.05) is 32.4 Å². The molecule has 3 N–H and O–H groups in total. The van der Waals surface area contributed by atoms with Gasteiger partial charge in [0.15, 0.2) is 0 Å². The minimum absolute atomic E-state index is 0.0195. The van der Waals surface area contributed by atoms with Gasteiger partial charge in [-0.1, -0.05) is 0 Å². The van der Waals surface area contributed by atoms with Crippen molar-refractivity contribution in [3.63, 3.8) is 0 Å². The van der Waals surface area contributed by atoms with Crippen LogP contribution in [-0.2, 0) is 47.6 Å². The lowest BCUT2D eigenvalue weighted by Crippen LogP contribution is -2.25. The molecule has 0 saturated heterocycles. The molecule has 13 heteroatoms. The highest BCUT2D eigenvalue weighted by molar-refractivity contribution is 5.80. The first-order valence-electron chi connectivity index (χ1n) is 12.2. The number of carboxylic acid groups (broad SMARTS) is 2. The summed E-state index contributed by atoms with van der Waals surface area (Å²) in [4.78, 5) is 43.4. The van der Waals surface area contributed by atoms with Crippen LogP contribution in [0.1, 0.15) is 44.9 Å². The van der Waals surface area contributed by atoms with Crippen LogP contribution >= 0.6 is 0 Å². The largest absolute Gasteiger partial charge is 0.481 e. The first-order chi connectivity index (χ1) is 17.4. The molecule has 0 aliphatic carbocycles. The summed E-state index contributed by atoms with van der Waals surface area (Å²) in [5, 5.41) is 19.6. The molecular formula is C23H41NO12. The van der Waals surface area contributed by atoms with Gasteiger partial charge >= 0.3 is 17.9 Å². The van der Waals surface area contributed by atoms with Crippen LogP contribution in [0.3, 0.4) is 0 Å². The van der Waals surface area contributed by atoms with E-state index >= 15 is 0 Å². The predicted octanol–water partition coefficient (Wildman–Crippen LogP) is 0.629. The molecule has 210 valence electrons. The topological polar surface area (TPSA) is 176 Å². The summed E-state index contributed by atoms with van der Waals surface area (Å²) < 4.78 is 31.8. The number of rotatable bonds is 27. The van der Waals surface area contributed by atoms with Crippen LogP contribution in [0.5, 0.6) is 0 Å². The Labute approximate surface area is 211 Å². The van der Waals surface area contributed by atoms with Crippen LogP contribution in [0.2, 0.25) is 0 Å². The van der Waals surface area contributed by atoms with E-state index in [4.69, 9.17) is 38.6 Å². The van der Waals surface area contributed by atoms with E-state index in [1.807, 2.05) is 0 Å². The van der Waals surface area contributed by atoms with Gasteiger partial charge in [0.05, 0.1) is 65.9 Å². The van der Waals surface area contributed by atoms with E-state index in [2.05, 4.69) is 5.32 Å². The lowest BCUT2D eigenvalue weighted by atomic mass is 10.2. The van der Waals surface area contributed by atoms with Gasteiger partial charge in [-0.15, -0.1) is 0 Å². The highest BCUT2D eigenvalue weighted by Gasteiger charge is 2.05. The van der Waals surface area contributed by atoms with Crippen LogP contribution in [-0.4, -0.2) is 113 Å². The maximum atomic E-state index is 11.4. The van der Waals surface area contributed by atoms with Gasteiger partial charge in [-0.05, 0) is 19.3 Å². The first-order valence-corrected chi connectivity index (χ1v) is 12.2. The molecule has 0 spiro atoms. The Bertz CT molecular complexity index is 587. The number of unbranched alkanes of at least 4 members (excludes halogenated alkanes) is 1. The van der Waals surface area contributed by atoms with Crippen molar-refractivity contribution in [3.8, 4) is 0 Å². The number of esters is 1. The van der Waals surface area contributed by atoms with Crippen LogP contribution in [0.25, 0.3) is 0 Å². The number of amides is 1. The number of carbonyl (C=O) groups is 4. The van der Waals surface area contributed by atoms with Crippen LogP contribution in [0.15, 0.2) is 0 Å². The lowest BCUT2D eigenvalue weighted by Gasteiger charge is -2.08. The smallest absolute Gasteiger partial charge is 0.305 e. The van der Waals surface area contributed by atoms with E-state index in [9.17, 15) is 19.2 Å². The number of hydrogen-bond donors (Lipinski definition) is 3. The van der Waals surface area contributed by atoms with Gasteiger partial charge in [-0.3, -0.25) is 19.2 Å². The normalized spacial score (nSPS) is 10.8. The number of nitrogens with one attached hydrogen (secondary N) is 1. The minimum atomic E-state index is -0.992. The van der Waals surface area contributed by atoms with Crippen molar-refractivity contribution in [2.75, 3.05) is 79.2 Å². The molecule has 13 nitrogen and oxygen atoms in total. The standard InChI is InChI=1S/C23H41NO12/c25-20(6-7-22(28)29)24-8-3-9-31-10-11-32-12-13-33-14-15-34-16-17-35-18-19-36-23(30)5-2-1-4-21(26)27/h1-19H2,(H,24,25)(H,26,27)(H,28,29). The molecule has 0 aromatic rings. The third-order valence-corrected chi connectivity index (χ3v) is 4.35. The van der Waals surface area contributed by atoms with Crippen molar-refractivity contribution < 1.29 is 57.8 Å². The molecule has 0 saturated carbocycles. The molecule has 0 aromatic heterocycles. The van der Waals surface area contributed by atoms with Crippen molar-refractivity contribution in [3.05, 3.63) is 0 Å². The summed E-state index contributed by atoms with van der Waals surface area (Å²) in [6.07, 6.45) is 1.65. The summed E-state index contributed by atoms with van der Waals surface area (Å²) in [5.41, 5.74) is 0. The summed E-state index contributed by atoms with van der Waals surface area (Å²) in [7, 11) is 0. The molecule has 0 atom stereocenters. The monoisotopic (exact) mass is 523 g/mol. The molecule has 0 aromatic carbocycles. The van der Waals surface area contributed by atoms with Gasteiger partial charge < -0.3 is 44.0 Å². The van der Waals surface area contributed by atoms with Gasteiger partial charge in [0.2, 0.25) is 5.91 Å². The number of carboxylic acids is 2. The SMILES string of the molecule is O=C(O)CCCCC(=O)OCCOCCOCCOCCOCCOCCCNC(=O)CCC(=O)O. The zero-order valence-electron chi connectivity index (χ0n) is 20.9. The summed E-state index contributed by atoms with van der Waals surface area (Å²) in [6.45, 7) is 4.69. The number of carbonyl (C=O) groups excluding carboxylic acids is 2. The first kappa shape index (κ1) is 33.7. The van der Waals surface area contributed by atoms with Crippen molar-refractivity contribution >= 4 is 23.8 Å². The third kappa shape index (κ3) is 27.9. The molecule has 0 radical (unpaired) electrons. The molecule has 1 amide bonds. The Kier molecular flexibility index (Phi) is 24.1. The quantitative estimate of drug-likeness (QED) is 0.101. The number of aliphatic carboxylic acids is 2. The summed E-state index contributed by atoms with van der Waals surface area (Å²) in [6, 6.07) is 0. The molecule has 0 heterocycles. The second-order valence-electron chi connectivity index (χ2n) is 7.48. The Morgan fingerprint density at radius 1 is 0.500 bits per heavy atom. The van der Waals surface area contributed by atoms with E-state index in [1.54, 1.807) is 0 Å². The predicted molar refractivity (Wildman–Crippen MR) is 126 cm³/mol. The molecule has 0 unspecified atom stereocenters. The van der Waals surface area contributed by atoms with Crippen LogP contribution in [0.4, 0.5) is 0 Å². The highest BCUT2D eigenvalue weighted by Crippen LogP contribution is 2.01. The second kappa shape index (κ2) is 25.8. The zero-order chi connectivity index (χ0) is 26.7. The van der Waals surface area contributed by atoms with Crippen molar-refractivity contribution in [1.82, 2.24) is 5.32 Å². The van der Waals surface area contributed by atoms with Crippen LogP contribution < -0.4 is 5.32 Å². The second-order valence-corrected chi connectivity index (χ2v) is 7.48. The van der Waals surface area contributed by atoms with E-state index in [1.165, 1.54) is 0 Å². The molecular weight excluding hydrogens is 482 g/mol. The Morgan fingerprint density at radius 3 is 1.44 bits per heavy atom. The fraction of sp³-hybridized carbons (Fsp3) is 0.826. The molecule has 0 aliphatic heterocycles. The fourth-order valence-corrected chi connectivity index (χ4v) is 2.52. The third-order valence-electron chi connectivity index (χ3n) is 4.35. The van der Waals surface area contributed by atoms with Gasteiger partial charge in [-0.2, -0.15) is 0 Å². The lowest BCUT2D eigenvalue weighted by molar-refractivity contribution is -0.146. The molecule has 36 heavy (non-hydrogen) atoms. The van der Waals surface area contributed by atoms with E-state index < -0.39 is 11.9 Å². The summed E-state index contributed by atoms with van der Waals surface area (Å²) >= 11 is 0. The van der Waals surface area contributed by atoms with E-state index in [-0.39, 0.29) is 50.8 Å². The minimum Gasteiger partial charge on any atom is -0.481 e. The average molecular weight is 524 g/mol. The number of hydrogen-bond acceptors (Lipinski definition) is 10. The van der Waals surface area contributed by atoms with Crippen molar-refractivity contribution in [1.29, 1.82) is 0 Å². The van der Waals surface area contributed by atoms with E-state index in [0.717, 1.165) is 0 Å². The van der Waals surface area contributed by atoms with E-state index in [0.29, 0.717) is 85.3 Å². The Balaban J connectivity index is 3.17. The zero-order valence-corrected chi connectivity index (χ0v) is 20.9. The Hall–Kier alpha value is -2.32.